The van der Waals surface area contributed by atoms with E-state index in [2.05, 4.69) is 17.3 Å². The summed E-state index contributed by atoms with van der Waals surface area (Å²) in [4.78, 5) is 12.6. The van der Waals surface area contributed by atoms with E-state index in [4.69, 9.17) is 0 Å². The van der Waals surface area contributed by atoms with E-state index >= 15 is 0 Å². The standard InChI is InChI=1S/C20H23N3O/c1-2-3-9-14-23-18-13-8-7-12-17(18)19(22-23)20(24)21-15-16-10-5-4-6-11-16/h4-8,10-13H,2-3,9,14-15H2,1H3,(H,21,24). The third-order valence-electron chi connectivity index (χ3n) is 4.14. The van der Waals surface area contributed by atoms with E-state index < -0.39 is 0 Å². The number of nitrogens with zero attached hydrogens (tertiary/aromatic N) is 2. The van der Waals surface area contributed by atoms with E-state index in [9.17, 15) is 4.79 Å². The highest BCUT2D eigenvalue weighted by atomic mass is 16.1. The van der Waals surface area contributed by atoms with Gasteiger partial charge in [-0.1, -0.05) is 68.3 Å². The van der Waals surface area contributed by atoms with Gasteiger partial charge in [0.1, 0.15) is 0 Å². The SMILES string of the molecule is CCCCCn1nc(C(=O)NCc2ccccc2)c2ccccc21. The maximum absolute atomic E-state index is 12.6. The molecule has 0 unspecified atom stereocenters. The van der Waals surface area contributed by atoms with Gasteiger partial charge in [-0.25, -0.2) is 0 Å². The molecule has 0 aliphatic heterocycles. The molecule has 4 nitrogen and oxygen atoms in total. The zero-order valence-electron chi connectivity index (χ0n) is 14.0. The lowest BCUT2D eigenvalue weighted by molar-refractivity contribution is 0.0946. The first-order chi connectivity index (χ1) is 11.8. The summed E-state index contributed by atoms with van der Waals surface area (Å²) in [6.07, 6.45) is 3.42. The smallest absolute Gasteiger partial charge is 0.272 e. The molecule has 1 N–H and O–H groups in total. The van der Waals surface area contributed by atoms with Gasteiger partial charge < -0.3 is 5.32 Å². The Labute approximate surface area is 142 Å². The quantitative estimate of drug-likeness (QED) is 0.664. The second kappa shape index (κ2) is 7.77. The van der Waals surface area contributed by atoms with Gasteiger partial charge in [-0.15, -0.1) is 0 Å². The molecule has 0 radical (unpaired) electrons. The van der Waals surface area contributed by atoms with Crippen molar-refractivity contribution in [3.63, 3.8) is 0 Å². The maximum Gasteiger partial charge on any atom is 0.272 e. The molecule has 0 saturated carbocycles. The average molecular weight is 321 g/mol. The maximum atomic E-state index is 12.6. The summed E-state index contributed by atoms with van der Waals surface area (Å²) < 4.78 is 1.96. The number of aromatic nitrogens is 2. The number of carbonyl (C=O) groups excluding carboxylic acids is 1. The second-order valence-corrected chi connectivity index (χ2v) is 5.96. The van der Waals surface area contributed by atoms with Gasteiger partial charge in [-0.3, -0.25) is 9.48 Å². The molecule has 124 valence electrons. The van der Waals surface area contributed by atoms with Gasteiger partial charge in [0.25, 0.3) is 5.91 Å². The van der Waals surface area contributed by atoms with Gasteiger partial charge >= 0.3 is 0 Å². The Morgan fingerprint density at radius 2 is 1.79 bits per heavy atom. The number of para-hydroxylation sites is 1. The van der Waals surface area contributed by atoms with Crippen molar-refractivity contribution in [2.75, 3.05) is 0 Å². The molecule has 0 aliphatic rings. The number of nitrogens with one attached hydrogen (secondary N) is 1. The molecule has 2 aromatic carbocycles. The summed E-state index contributed by atoms with van der Waals surface area (Å²) in [7, 11) is 0. The van der Waals surface area contributed by atoms with Crippen LogP contribution in [0, 0.1) is 0 Å². The van der Waals surface area contributed by atoms with Gasteiger partial charge in [0, 0.05) is 18.5 Å². The van der Waals surface area contributed by atoms with Gasteiger partial charge in [-0.2, -0.15) is 5.10 Å². The number of benzene rings is 2. The fraction of sp³-hybridized carbons (Fsp3) is 0.300. The normalized spacial score (nSPS) is 10.9. The molecule has 3 aromatic rings. The molecule has 0 fully saturated rings. The minimum atomic E-state index is -0.121. The highest BCUT2D eigenvalue weighted by Crippen LogP contribution is 2.19. The first-order valence-electron chi connectivity index (χ1n) is 8.57. The Morgan fingerprint density at radius 1 is 1.04 bits per heavy atom. The summed E-state index contributed by atoms with van der Waals surface area (Å²) in [5.74, 6) is -0.121. The fourth-order valence-electron chi connectivity index (χ4n) is 2.84. The van der Waals surface area contributed by atoms with Crippen molar-refractivity contribution in [3.8, 4) is 0 Å². The van der Waals surface area contributed by atoms with Crippen LogP contribution >= 0.6 is 0 Å². The van der Waals surface area contributed by atoms with Crippen LogP contribution in [0.15, 0.2) is 54.6 Å². The summed E-state index contributed by atoms with van der Waals surface area (Å²) >= 11 is 0. The molecule has 1 amide bonds. The van der Waals surface area contributed by atoms with Gasteiger partial charge in [0.05, 0.1) is 5.52 Å². The number of rotatable bonds is 7. The van der Waals surface area contributed by atoms with Crippen molar-refractivity contribution < 1.29 is 4.79 Å². The Morgan fingerprint density at radius 3 is 2.58 bits per heavy atom. The van der Waals surface area contributed by atoms with E-state index in [1.165, 1.54) is 12.8 Å². The number of hydrogen-bond acceptors (Lipinski definition) is 2. The lowest BCUT2D eigenvalue weighted by atomic mass is 10.2. The van der Waals surface area contributed by atoms with Crippen LogP contribution in [-0.2, 0) is 13.1 Å². The summed E-state index contributed by atoms with van der Waals surface area (Å²) in [6.45, 7) is 3.54. The predicted molar refractivity (Wildman–Crippen MR) is 96.9 cm³/mol. The largest absolute Gasteiger partial charge is 0.347 e. The Balaban J connectivity index is 1.79. The number of unbranched alkanes of at least 4 members (excludes halogenated alkanes) is 2. The van der Waals surface area contributed by atoms with Crippen LogP contribution in [-0.4, -0.2) is 15.7 Å². The van der Waals surface area contributed by atoms with E-state index in [0.717, 1.165) is 29.4 Å². The predicted octanol–water partition coefficient (Wildman–Crippen LogP) is 4.16. The van der Waals surface area contributed by atoms with Crippen molar-refractivity contribution >= 4 is 16.8 Å². The summed E-state index contributed by atoms with van der Waals surface area (Å²) in [6, 6.07) is 17.9. The molecule has 0 aliphatic carbocycles. The van der Waals surface area contributed by atoms with Crippen LogP contribution in [0.4, 0.5) is 0 Å². The molecule has 1 aromatic heterocycles. The van der Waals surface area contributed by atoms with Gasteiger partial charge in [-0.05, 0) is 18.1 Å². The van der Waals surface area contributed by atoms with Crippen molar-refractivity contribution in [2.24, 2.45) is 0 Å². The molecule has 1 heterocycles. The van der Waals surface area contributed by atoms with Crippen LogP contribution in [0.25, 0.3) is 10.9 Å². The number of hydrogen-bond donors (Lipinski definition) is 1. The minimum Gasteiger partial charge on any atom is -0.347 e. The van der Waals surface area contributed by atoms with E-state index in [-0.39, 0.29) is 5.91 Å². The highest BCUT2D eigenvalue weighted by Gasteiger charge is 2.16. The Kier molecular flexibility index (Phi) is 5.26. The summed E-state index contributed by atoms with van der Waals surface area (Å²) in [5.41, 5.74) is 2.62. The van der Waals surface area contributed by atoms with Crippen molar-refractivity contribution in [1.29, 1.82) is 0 Å². The third-order valence-corrected chi connectivity index (χ3v) is 4.14. The van der Waals surface area contributed by atoms with E-state index in [0.29, 0.717) is 12.2 Å². The van der Waals surface area contributed by atoms with Crippen molar-refractivity contribution in [3.05, 3.63) is 65.9 Å². The molecule has 4 heteroatoms. The van der Waals surface area contributed by atoms with Crippen LogP contribution in [0.2, 0.25) is 0 Å². The topological polar surface area (TPSA) is 46.9 Å². The average Bonchev–Trinajstić information content (AvgIpc) is 3.00. The molecular formula is C20H23N3O. The molecule has 3 rings (SSSR count). The first kappa shape index (κ1) is 16.2. The summed E-state index contributed by atoms with van der Waals surface area (Å²) in [5, 5.41) is 8.47. The van der Waals surface area contributed by atoms with Crippen LogP contribution < -0.4 is 5.32 Å². The van der Waals surface area contributed by atoms with Crippen LogP contribution in [0.5, 0.6) is 0 Å². The lowest BCUT2D eigenvalue weighted by Gasteiger charge is -2.03. The van der Waals surface area contributed by atoms with Crippen molar-refractivity contribution in [1.82, 2.24) is 15.1 Å². The molecule has 0 bridgehead atoms. The van der Waals surface area contributed by atoms with Crippen molar-refractivity contribution in [2.45, 2.75) is 39.3 Å². The Hall–Kier alpha value is -2.62. The number of carbonyl (C=O) groups is 1. The lowest BCUT2D eigenvalue weighted by Crippen LogP contribution is -2.23. The molecule has 0 spiro atoms. The number of fused-ring (bicyclic) bond motifs is 1. The molecular weight excluding hydrogens is 298 g/mol. The van der Waals surface area contributed by atoms with Gasteiger partial charge in [0.15, 0.2) is 5.69 Å². The number of aryl methyl sites for hydroxylation is 1. The first-order valence-corrected chi connectivity index (χ1v) is 8.57. The fourth-order valence-corrected chi connectivity index (χ4v) is 2.84. The van der Waals surface area contributed by atoms with Gasteiger partial charge in [0.2, 0.25) is 0 Å². The highest BCUT2D eigenvalue weighted by molar-refractivity contribution is 6.04. The molecule has 24 heavy (non-hydrogen) atoms. The molecule has 0 atom stereocenters. The van der Waals surface area contributed by atoms with E-state index in [1.807, 2.05) is 59.3 Å². The monoisotopic (exact) mass is 321 g/mol. The van der Waals surface area contributed by atoms with E-state index in [1.54, 1.807) is 0 Å². The molecule has 0 saturated heterocycles. The zero-order chi connectivity index (χ0) is 16.8. The number of amides is 1. The van der Waals surface area contributed by atoms with Crippen LogP contribution in [0.1, 0.15) is 42.2 Å². The Bertz CT molecular complexity index is 808. The second-order valence-electron chi connectivity index (χ2n) is 5.96. The minimum absolute atomic E-state index is 0.121. The third kappa shape index (κ3) is 3.65. The zero-order valence-corrected chi connectivity index (χ0v) is 14.0. The van der Waals surface area contributed by atoms with Crippen LogP contribution in [0.3, 0.4) is 0 Å².